The van der Waals surface area contributed by atoms with Gasteiger partial charge in [-0.25, -0.2) is 9.97 Å². The normalized spacial score (nSPS) is 28.7. The molecule has 2 aliphatic carbocycles. The second kappa shape index (κ2) is 6.32. The highest BCUT2D eigenvalue weighted by molar-refractivity contribution is 7.99. The Hall–Kier alpha value is -1.14. The topological polar surface area (TPSA) is 80.9 Å². The summed E-state index contributed by atoms with van der Waals surface area (Å²) in [6.07, 6.45) is 9.89. The molecule has 2 saturated carbocycles. The minimum absolute atomic E-state index is 0.169. The van der Waals surface area contributed by atoms with Gasteiger partial charge in [-0.1, -0.05) is 18.2 Å². The van der Waals surface area contributed by atoms with Crippen LogP contribution in [0.2, 0.25) is 0 Å². The van der Waals surface area contributed by atoms with Gasteiger partial charge in [-0.15, -0.1) is 0 Å². The molecule has 1 heterocycles. The van der Waals surface area contributed by atoms with Crippen LogP contribution in [0.5, 0.6) is 0 Å². The molecule has 2 unspecified atom stereocenters. The monoisotopic (exact) mass is 306 g/mol. The molecule has 1 amide bonds. The van der Waals surface area contributed by atoms with E-state index in [1.54, 1.807) is 24.2 Å². The van der Waals surface area contributed by atoms with E-state index in [0.29, 0.717) is 12.0 Å². The minimum Gasteiger partial charge on any atom is -0.368 e. The lowest BCUT2D eigenvalue weighted by molar-refractivity contribution is -0.126. The first-order valence-electron chi connectivity index (χ1n) is 7.68. The molecule has 0 radical (unpaired) electrons. The maximum atomic E-state index is 12.1. The Bertz CT molecular complexity index is 494. The van der Waals surface area contributed by atoms with E-state index < -0.39 is 5.54 Å². The Morgan fingerprint density at radius 3 is 2.81 bits per heavy atom. The Morgan fingerprint density at radius 2 is 2.14 bits per heavy atom. The fourth-order valence-electron chi connectivity index (χ4n) is 3.30. The Kier molecular flexibility index (Phi) is 4.45. The van der Waals surface area contributed by atoms with Crippen molar-refractivity contribution in [2.75, 3.05) is 5.75 Å². The van der Waals surface area contributed by atoms with E-state index >= 15 is 0 Å². The van der Waals surface area contributed by atoms with Crippen molar-refractivity contribution in [3.63, 3.8) is 0 Å². The summed E-state index contributed by atoms with van der Waals surface area (Å²) in [7, 11) is 0. The van der Waals surface area contributed by atoms with Crippen LogP contribution < -0.4 is 11.1 Å². The SMILES string of the molecule is NC(=O)C1(NC2CC2)CCCC1CCSc1ncccn1. The zero-order valence-electron chi connectivity index (χ0n) is 12.1. The number of aromatic nitrogens is 2. The number of thioether (sulfide) groups is 1. The number of carbonyl (C=O) groups excluding carboxylic acids is 1. The molecule has 1 aromatic heterocycles. The zero-order valence-corrected chi connectivity index (χ0v) is 12.9. The van der Waals surface area contributed by atoms with Crippen molar-refractivity contribution in [3.05, 3.63) is 18.5 Å². The van der Waals surface area contributed by atoms with Crippen LogP contribution in [0.1, 0.15) is 38.5 Å². The number of carbonyl (C=O) groups is 1. The second-order valence-corrected chi connectivity index (χ2v) is 7.07. The first kappa shape index (κ1) is 14.8. The van der Waals surface area contributed by atoms with Gasteiger partial charge in [0, 0.05) is 24.2 Å². The van der Waals surface area contributed by atoms with Gasteiger partial charge in [0.05, 0.1) is 0 Å². The fraction of sp³-hybridized carbons (Fsp3) is 0.667. The lowest BCUT2D eigenvalue weighted by atomic mass is 9.84. The van der Waals surface area contributed by atoms with E-state index in [4.69, 9.17) is 5.73 Å². The third-order valence-electron chi connectivity index (χ3n) is 4.54. The van der Waals surface area contributed by atoms with Gasteiger partial charge in [0.1, 0.15) is 5.54 Å². The van der Waals surface area contributed by atoms with E-state index in [1.165, 1.54) is 12.8 Å². The Labute approximate surface area is 129 Å². The third-order valence-corrected chi connectivity index (χ3v) is 5.45. The van der Waals surface area contributed by atoms with Gasteiger partial charge >= 0.3 is 0 Å². The van der Waals surface area contributed by atoms with Crippen molar-refractivity contribution in [2.45, 2.75) is 55.3 Å². The van der Waals surface area contributed by atoms with Crippen molar-refractivity contribution in [1.82, 2.24) is 15.3 Å². The molecule has 3 N–H and O–H groups in total. The number of amides is 1. The van der Waals surface area contributed by atoms with Crippen molar-refractivity contribution in [3.8, 4) is 0 Å². The average Bonchev–Trinajstić information content (AvgIpc) is 3.20. The highest BCUT2D eigenvalue weighted by Gasteiger charge is 2.49. The lowest BCUT2D eigenvalue weighted by Crippen LogP contribution is -2.58. The van der Waals surface area contributed by atoms with Gasteiger partial charge in [0.2, 0.25) is 5.91 Å². The number of hydrogen-bond acceptors (Lipinski definition) is 5. The van der Waals surface area contributed by atoms with Crippen LogP contribution in [0.4, 0.5) is 0 Å². The molecule has 0 aliphatic heterocycles. The molecule has 5 nitrogen and oxygen atoms in total. The van der Waals surface area contributed by atoms with Crippen molar-refractivity contribution < 1.29 is 4.79 Å². The van der Waals surface area contributed by atoms with E-state index in [-0.39, 0.29) is 5.91 Å². The highest BCUT2D eigenvalue weighted by Crippen LogP contribution is 2.41. The first-order valence-corrected chi connectivity index (χ1v) is 8.67. The highest BCUT2D eigenvalue weighted by atomic mass is 32.2. The molecule has 0 spiro atoms. The maximum Gasteiger partial charge on any atom is 0.238 e. The molecule has 1 aromatic rings. The van der Waals surface area contributed by atoms with Gasteiger partial charge in [-0.2, -0.15) is 0 Å². The van der Waals surface area contributed by atoms with Crippen LogP contribution >= 0.6 is 11.8 Å². The van der Waals surface area contributed by atoms with Crippen LogP contribution in [0.25, 0.3) is 0 Å². The molecular formula is C15H22N4OS. The molecule has 3 rings (SSSR count). The number of nitrogens with two attached hydrogens (primary N) is 1. The molecule has 0 bridgehead atoms. The van der Waals surface area contributed by atoms with E-state index in [2.05, 4.69) is 15.3 Å². The lowest BCUT2D eigenvalue weighted by Gasteiger charge is -2.34. The minimum atomic E-state index is -0.473. The molecular weight excluding hydrogens is 284 g/mol. The Morgan fingerprint density at radius 1 is 1.38 bits per heavy atom. The second-order valence-electron chi connectivity index (χ2n) is 6.01. The van der Waals surface area contributed by atoms with Crippen molar-refractivity contribution in [2.24, 2.45) is 11.7 Å². The van der Waals surface area contributed by atoms with Crippen molar-refractivity contribution >= 4 is 17.7 Å². The molecule has 2 fully saturated rings. The first-order chi connectivity index (χ1) is 10.2. The maximum absolute atomic E-state index is 12.1. The zero-order chi connectivity index (χ0) is 14.7. The number of primary amides is 1. The summed E-state index contributed by atoms with van der Waals surface area (Å²) < 4.78 is 0. The number of nitrogens with zero attached hydrogens (tertiary/aromatic N) is 2. The summed E-state index contributed by atoms with van der Waals surface area (Å²) in [5.41, 5.74) is 5.28. The predicted octanol–water partition coefficient (Wildman–Crippen LogP) is 1.73. The summed E-state index contributed by atoms with van der Waals surface area (Å²) in [4.78, 5) is 20.5. The molecule has 21 heavy (non-hydrogen) atoms. The number of rotatable bonds is 7. The van der Waals surface area contributed by atoms with Gasteiger partial charge in [0.25, 0.3) is 0 Å². The van der Waals surface area contributed by atoms with Crippen LogP contribution in [-0.4, -0.2) is 33.2 Å². The van der Waals surface area contributed by atoms with Crippen LogP contribution in [0, 0.1) is 5.92 Å². The van der Waals surface area contributed by atoms with Crippen molar-refractivity contribution in [1.29, 1.82) is 0 Å². The van der Waals surface area contributed by atoms with Gasteiger partial charge in [-0.3, -0.25) is 4.79 Å². The van der Waals surface area contributed by atoms with E-state index in [9.17, 15) is 4.79 Å². The van der Waals surface area contributed by atoms with Crippen LogP contribution in [0.15, 0.2) is 23.6 Å². The number of nitrogens with one attached hydrogen (secondary N) is 1. The van der Waals surface area contributed by atoms with E-state index in [1.807, 2.05) is 6.07 Å². The average molecular weight is 306 g/mol. The fourth-order valence-corrected chi connectivity index (χ4v) is 4.15. The molecule has 2 aliphatic rings. The van der Waals surface area contributed by atoms with E-state index in [0.717, 1.165) is 36.6 Å². The van der Waals surface area contributed by atoms with Gasteiger partial charge < -0.3 is 11.1 Å². The third kappa shape index (κ3) is 3.37. The summed E-state index contributed by atoms with van der Waals surface area (Å²) in [5.74, 6) is 1.10. The molecule has 0 saturated heterocycles. The molecule has 0 aromatic carbocycles. The summed E-state index contributed by atoms with van der Waals surface area (Å²) in [6.45, 7) is 0. The smallest absolute Gasteiger partial charge is 0.238 e. The summed E-state index contributed by atoms with van der Waals surface area (Å²) in [5, 5.41) is 4.35. The standard InChI is InChI=1S/C15H22N4OS/c16-13(20)15(19-12-4-5-12)7-1-3-11(15)6-10-21-14-17-8-2-9-18-14/h2,8-9,11-12,19H,1,3-7,10H2,(H2,16,20). The predicted molar refractivity (Wildman–Crippen MR) is 82.8 cm³/mol. The molecule has 2 atom stereocenters. The molecule has 114 valence electrons. The largest absolute Gasteiger partial charge is 0.368 e. The van der Waals surface area contributed by atoms with Crippen LogP contribution in [0.3, 0.4) is 0 Å². The summed E-state index contributed by atoms with van der Waals surface area (Å²) >= 11 is 1.65. The molecule has 6 heteroatoms. The van der Waals surface area contributed by atoms with Crippen LogP contribution in [-0.2, 0) is 4.79 Å². The van der Waals surface area contributed by atoms with Gasteiger partial charge in [0.15, 0.2) is 5.16 Å². The number of hydrogen-bond donors (Lipinski definition) is 2. The quantitative estimate of drug-likeness (QED) is 0.592. The summed E-state index contributed by atoms with van der Waals surface area (Å²) in [6, 6.07) is 2.32. The van der Waals surface area contributed by atoms with Gasteiger partial charge in [-0.05, 0) is 44.1 Å². The Balaban J connectivity index is 1.58.